The zero-order chi connectivity index (χ0) is 35.8. The third kappa shape index (κ3) is 6.90. The molecule has 2 saturated heterocycles. The minimum absolute atomic E-state index is 0.0234. The van der Waals surface area contributed by atoms with Gasteiger partial charge in [0, 0.05) is 24.9 Å². The van der Waals surface area contributed by atoms with Crippen LogP contribution in [0.5, 0.6) is 0 Å². The molecule has 3 amide bonds. The summed E-state index contributed by atoms with van der Waals surface area (Å²) in [6, 6.07) is 16.0. The van der Waals surface area contributed by atoms with E-state index in [1.807, 2.05) is 29.7 Å². The van der Waals surface area contributed by atoms with Crippen molar-refractivity contribution in [3.8, 4) is 11.1 Å². The number of nitrogens with zero attached hydrogens (tertiary/aromatic N) is 4. The summed E-state index contributed by atoms with van der Waals surface area (Å²) in [4.78, 5) is 60.0. The lowest BCUT2D eigenvalue weighted by molar-refractivity contribution is -0.138. The van der Waals surface area contributed by atoms with Crippen molar-refractivity contribution in [3.05, 3.63) is 60.2 Å². The van der Waals surface area contributed by atoms with Crippen molar-refractivity contribution in [3.63, 3.8) is 0 Å². The summed E-state index contributed by atoms with van der Waals surface area (Å²) in [6.45, 7) is 9.41. The Bertz CT molecular complexity index is 2080. The third-order valence-electron chi connectivity index (χ3n) is 10.5. The maximum Gasteiger partial charge on any atom is 0.407 e. The van der Waals surface area contributed by atoms with Crippen LogP contribution in [-0.4, -0.2) is 73.9 Å². The van der Waals surface area contributed by atoms with Gasteiger partial charge in [-0.15, -0.1) is 0 Å². The highest BCUT2D eigenvalue weighted by atomic mass is 16.5. The van der Waals surface area contributed by atoms with Crippen LogP contribution in [0.2, 0.25) is 0 Å². The number of piperidine rings is 2. The fourth-order valence-corrected chi connectivity index (χ4v) is 7.86. The quantitative estimate of drug-likeness (QED) is 0.152. The van der Waals surface area contributed by atoms with Gasteiger partial charge < -0.3 is 29.8 Å². The molecule has 11 nitrogen and oxygen atoms in total. The number of likely N-dealkylation sites (tertiary alicyclic amines) is 2. The number of aromatic amines is 2. The lowest BCUT2D eigenvalue weighted by atomic mass is 9.97. The molecule has 0 spiro atoms. The van der Waals surface area contributed by atoms with Crippen LogP contribution >= 0.6 is 0 Å². The lowest BCUT2D eigenvalue weighted by Crippen LogP contribution is -2.53. The number of aromatic nitrogens is 4. The summed E-state index contributed by atoms with van der Waals surface area (Å²) in [6.07, 6.45) is 5.67. The van der Waals surface area contributed by atoms with Crippen LogP contribution in [0.1, 0.15) is 96.4 Å². The second kappa shape index (κ2) is 14.4. The minimum Gasteiger partial charge on any atom is -0.453 e. The van der Waals surface area contributed by atoms with Gasteiger partial charge in [0.25, 0.3) is 0 Å². The van der Waals surface area contributed by atoms with Crippen LogP contribution in [-0.2, 0) is 14.3 Å². The lowest BCUT2D eigenvalue weighted by Gasteiger charge is -2.37. The largest absolute Gasteiger partial charge is 0.453 e. The molecule has 5 aromatic rings. The number of carbonyl (C=O) groups excluding carboxylic acids is 3. The summed E-state index contributed by atoms with van der Waals surface area (Å²) < 4.78 is 4.80. The first-order chi connectivity index (χ1) is 24.6. The molecule has 2 fully saturated rings. The maximum atomic E-state index is 13.8. The molecule has 2 aliphatic heterocycles. The van der Waals surface area contributed by atoms with Gasteiger partial charge in [-0.05, 0) is 91.1 Å². The third-order valence-corrected chi connectivity index (χ3v) is 10.5. The first-order valence-corrected chi connectivity index (χ1v) is 18.5. The van der Waals surface area contributed by atoms with Gasteiger partial charge in [0.2, 0.25) is 11.8 Å². The number of imidazole rings is 2. The zero-order valence-electron chi connectivity index (χ0n) is 30.3. The van der Waals surface area contributed by atoms with E-state index in [9.17, 15) is 14.4 Å². The van der Waals surface area contributed by atoms with E-state index in [1.54, 1.807) is 0 Å². The number of hydrogen-bond donors (Lipinski definition) is 3. The zero-order valence-corrected chi connectivity index (χ0v) is 30.3. The first kappa shape index (κ1) is 34.5. The number of carbonyl (C=O) groups is 3. The highest BCUT2D eigenvalue weighted by Crippen LogP contribution is 2.36. The van der Waals surface area contributed by atoms with Gasteiger partial charge in [0.05, 0.1) is 41.3 Å². The average Bonchev–Trinajstić information content (AvgIpc) is 3.77. The van der Waals surface area contributed by atoms with E-state index in [4.69, 9.17) is 14.7 Å². The summed E-state index contributed by atoms with van der Waals surface area (Å²) in [7, 11) is 1.30. The normalized spacial score (nSPS) is 19.0. The van der Waals surface area contributed by atoms with Crippen LogP contribution < -0.4 is 5.32 Å². The number of methoxy groups -OCH3 is 1. The number of H-pyrrole nitrogens is 2. The Morgan fingerprint density at radius 3 is 2.22 bits per heavy atom. The Morgan fingerprint density at radius 2 is 1.49 bits per heavy atom. The molecule has 0 saturated carbocycles. The van der Waals surface area contributed by atoms with Crippen molar-refractivity contribution < 1.29 is 19.1 Å². The Balaban J connectivity index is 1.15. The van der Waals surface area contributed by atoms with Crippen LogP contribution in [0.3, 0.4) is 0 Å². The molecule has 51 heavy (non-hydrogen) atoms. The second-order valence-electron chi connectivity index (χ2n) is 15.0. The van der Waals surface area contributed by atoms with Crippen LogP contribution in [0, 0.1) is 11.8 Å². The molecule has 0 radical (unpaired) electrons. The predicted molar refractivity (Wildman–Crippen MR) is 199 cm³/mol. The number of rotatable bonds is 8. The number of nitrogens with one attached hydrogen (secondary N) is 3. The highest BCUT2D eigenvalue weighted by molar-refractivity contribution is 6.05. The molecule has 0 aliphatic carbocycles. The molecule has 3 aromatic carbocycles. The standard InChI is InChI=1S/C40H49N7O4/c1-23(2)20-34(48)46-18-8-6-10-32(46)38-42-30-17-14-27-21-25(12-15-28(27)36(30)44-38)26-13-16-29-31(22-26)43-37(41-29)33-11-7-9-19-47(33)39(49)35(24(3)4)45-40(50)51-5/h12-17,21-24,32-33,35H,6-11,18-20H2,1-5H3,(H,41,43)(H,42,44)(H,45,50). The van der Waals surface area contributed by atoms with Gasteiger partial charge in [-0.1, -0.05) is 52.0 Å². The van der Waals surface area contributed by atoms with Gasteiger partial charge in [-0.3, -0.25) is 9.59 Å². The molecule has 7 rings (SSSR count). The molecule has 0 bridgehead atoms. The fraction of sp³-hybridized carbons (Fsp3) is 0.475. The van der Waals surface area contributed by atoms with Crippen molar-refractivity contribution in [2.24, 2.45) is 11.8 Å². The summed E-state index contributed by atoms with van der Waals surface area (Å²) in [5.41, 5.74) is 5.80. The number of alkyl carbamates (subject to hydrolysis) is 1. The van der Waals surface area contributed by atoms with Crippen LogP contribution in [0.15, 0.2) is 48.5 Å². The maximum absolute atomic E-state index is 13.8. The second-order valence-corrected chi connectivity index (χ2v) is 15.0. The number of hydrogen-bond acceptors (Lipinski definition) is 6. The number of fused-ring (bicyclic) bond motifs is 4. The Hall–Kier alpha value is -4.93. The predicted octanol–water partition coefficient (Wildman–Crippen LogP) is 7.79. The smallest absolute Gasteiger partial charge is 0.407 e. The van der Waals surface area contributed by atoms with Gasteiger partial charge in [-0.25, -0.2) is 14.8 Å². The first-order valence-electron chi connectivity index (χ1n) is 18.5. The SMILES string of the molecule is COC(=O)NC(C(=O)N1CCCCC1c1nc2ccc(-c3ccc4c(ccc5[nH]c(C6CCCCN6C(=O)CC(C)C)nc54)c3)cc2[nH]1)C(C)C. The summed E-state index contributed by atoms with van der Waals surface area (Å²) in [5, 5.41) is 4.90. The van der Waals surface area contributed by atoms with Crippen molar-refractivity contribution in [1.29, 1.82) is 0 Å². The van der Waals surface area contributed by atoms with Crippen LogP contribution in [0.25, 0.3) is 44.0 Å². The molecule has 3 atom stereocenters. The van der Waals surface area contributed by atoms with E-state index >= 15 is 0 Å². The van der Waals surface area contributed by atoms with Crippen molar-refractivity contribution in [2.45, 2.75) is 90.8 Å². The van der Waals surface area contributed by atoms with Crippen molar-refractivity contribution in [2.75, 3.05) is 20.2 Å². The molecular formula is C40H49N7O4. The molecule has 2 aliphatic rings. The topological polar surface area (TPSA) is 136 Å². The molecule has 3 N–H and O–H groups in total. The number of ether oxygens (including phenoxy) is 1. The Labute approximate surface area is 298 Å². The van der Waals surface area contributed by atoms with Gasteiger partial charge in [0.15, 0.2) is 0 Å². The minimum atomic E-state index is -0.683. The Kier molecular flexibility index (Phi) is 9.72. The summed E-state index contributed by atoms with van der Waals surface area (Å²) in [5.74, 6) is 1.95. The molecule has 3 unspecified atom stereocenters. The summed E-state index contributed by atoms with van der Waals surface area (Å²) >= 11 is 0. The number of benzene rings is 3. The molecular weight excluding hydrogens is 642 g/mol. The van der Waals surface area contributed by atoms with Gasteiger partial charge in [0.1, 0.15) is 17.7 Å². The average molecular weight is 692 g/mol. The van der Waals surface area contributed by atoms with Crippen molar-refractivity contribution in [1.82, 2.24) is 35.1 Å². The van der Waals surface area contributed by atoms with E-state index in [0.717, 1.165) is 101 Å². The number of amides is 3. The fourth-order valence-electron chi connectivity index (χ4n) is 7.86. The van der Waals surface area contributed by atoms with Crippen molar-refractivity contribution >= 4 is 50.7 Å². The van der Waals surface area contributed by atoms with Gasteiger partial charge in [-0.2, -0.15) is 0 Å². The van der Waals surface area contributed by atoms with E-state index in [-0.39, 0.29) is 29.8 Å². The Morgan fingerprint density at radius 1 is 0.824 bits per heavy atom. The molecule has 2 aromatic heterocycles. The molecule has 11 heteroatoms. The van der Waals surface area contributed by atoms with E-state index in [0.29, 0.717) is 18.9 Å². The van der Waals surface area contributed by atoms with Crippen LogP contribution in [0.4, 0.5) is 4.79 Å². The molecule has 268 valence electrons. The van der Waals surface area contributed by atoms with Gasteiger partial charge >= 0.3 is 6.09 Å². The van der Waals surface area contributed by atoms with E-state index < -0.39 is 12.1 Å². The highest BCUT2D eigenvalue weighted by Gasteiger charge is 2.36. The monoisotopic (exact) mass is 691 g/mol. The van der Waals surface area contributed by atoms with E-state index in [1.165, 1.54) is 7.11 Å². The molecule has 4 heterocycles. The van der Waals surface area contributed by atoms with E-state index in [2.05, 4.69) is 71.6 Å².